The predicted molar refractivity (Wildman–Crippen MR) is 80.5 cm³/mol. The van der Waals surface area contributed by atoms with Crippen LogP contribution in [0, 0.1) is 38.4 Å². The Bertz CT molecular complexity index is 708. The number of hydrogen-bond donors (Lipinski definition) is 1. The van der Waals surface area contributed by atoms with Crippen molar-refractivity contribution >= 4 is 0 Å². The monoisotopic (exact) mass is 286 g/mol. The summed E-state index contributed by atoms with van der Waals surface area (Å²) >= 11 is 0. The van der Waals surface area contributed by atoms with Gasteiger partial charge >= 0.3 is 0 Å². The van der Waals surface area contributed by atoms with Gasteiger partial charge < -0.3 is 5.11 Å². The normalized spacial score (nSPS) is 10.3. The summed E-state index contributed by atoms with van der Waals surface area (Å²) in [5, 5.41) is 13.3. The topological polar surface area (TPSA) is 38.0 Å². The van der Waals surface area contributed by atoms with E-state index < -0.39 is 0 Å². The van der Waals surface area contributed by atoms with Crippen LogP contribution >= 0.6 is 0 Å². The summed E-state index contributed by atoms with van der Waals surface area (Å²) in [7, 11) is 0. The summed E-state index contributed by atoms with van der Waals surface area (Å²) in [5.41, 5.74) is 4.85. The highest BCUT2D eigenvalue weighted by Crippen LogP contribution is 2.16. The molecule has 0 aliphatic heterocycles. The lowest BCUT2D eigenvalue weighted by molar-refractivity contribution is 0.305. The molecule has 3 nitrogen and oxygen atoms in total. The maximum atomic E-state index is 13.4. The molecule has 0 aliphatic rings. The molecule has 1 heterocycles. The van der Waals surface area contributed by atoms with Crippen LogP contribution in [0.1, 0.15) is 34.5 Å². The van der Waals surface area contributed by atoms with Gasteiger partial charge in [0.1, 0.15) is 5.82 Å². The van der Waals surface area contributed by atoms with E-state index in [0.717, 1.165) is 17.0 Å². The number of halogens is 1. The molecular formula is C17H19FN2O. The van der Waals surface area contributed by atoms with Crippen LogP contribution in [0.4, 0.5) is 4.39 Å². The molecule has 1 aromatic heterocycles. The molecule has 0 amide bonds. The van der Waals surface area contributed by atoms with Crippen LogP contribution in [0.25, 0.3) is 0 Å². The van der Waals surface area contributed by atoms with E-state index in [9.17, 15) is 4.39 Å². The minimum Gasteiger partial charge on any atom is -0.395 e. The number of aromatic nitrogens is 2. The number of aryl methyl sites for hydroxylation is 1. The number of hydrogen-bond acceptors (Lipinski definition) is 2. The van der Waals surface area contributed by atoms with Crippen LogP contribution in [-0.4, -0.2) is 21.5 Å². The van der Waals surface area contributed by atoms with Crippen molar-refractivity contribution in [3.8, 4) is 11.8 Å². The van der Waals surface area contributed by atoms with Gasteiger partial charge in [-0.2, -0.15) is 5.10 Å². The highest BCUT2D eigenvalue weighted by molar-refractivity contribution is 5.42. The molecule has 0 fully saturated rings. The summed E-state index contributed by atoms with van der Waals surface area (Å²) < 4.78 is 15.3. The third-order valence-electron chi connectivity index (χ3n) is 3.60. The van der Waals surface area contributed by atoms with E-state index in [1.165, 1.54) is 17.7 Å². The molecule has 1 N–H and O–H groups in total. The molecule has 0 spiro atoms. The number of aliphatic hydroxyl groups excluding tert-OH is 1. The molecule has 0 atom stereocenters. The average Bonchev–Trinajstić information content (AvgIpc) is 2.69. The van der Waals surface area contributed by atoms with Gasteiger partial charge in [0.25, 0.3) is 0 Å². The Morgan fingerprint density at radius 3 is 2.67 bits per heavy atom. The fourth-order valence-electron chi connectivity index (χ4n) is 2.12. The molecular weight excluding hydrogens is 267 g/mol. The standard InChI is InChI=1S/C17H19FN2O/c1-12-13(2)19-20(14(12)3)11-16-7-8-17(18)10-15(16)6-4-5-9-21/h7-8,10,21H,5,9,11H2,1-3H3. The van der Waals surface area contributed by atoms with Crippen molar-refractivity contribution in [1.29, 1.82) is 0 Å². The van der Waals surface area contributed by atoms with Crippen molar-refractivity contribution in [3.05, 3.63) is 52.1 Å². The second-order valence-electron chi connectivity index (χ2n) is 5.03. The zero-order valence-corrected chi connectivity index (χ0v) is 12.6. The highest BCUT2D eigenvalue weighted by Gasteiger charge is 2.09. The lowest BCUT2D eigenvalue weighted by Crippen LogP contribution is -2.06. The fourth-order valence-corrected chi connectivity index (χ4v) is 2.12. The quantitative estimate of drug-likeness (QED) is 0.881. The smallest absolute Gasteiger partial charge is 0.124 e. The van der Waals surface area contributed by atoms with Crippen LogP contribution in [0.5, 0.6) is 0 Å². The molecule has 4 heteroatoms. The van der Waals surface area contributed by atoms with Crippen LogP contribution in [0.3, 0.4) is 0 Å². The zero-order chi connectivity index (χ0) is 15.4. The highest BCUT2D eigenvalue weighted by atomic mass is 19.1. The lowest BCUT2D eigenvalue weighted by Gasteiger charge is -2.08. The third kappa shape index (κ3) is 3.50. The van der Waals surface area contributed by atoms with Gasteiger partial charge in [0.05, 0.1) is 18.8 Å². The Hall–Kier alpha value is -2.12. The molecule has 2 rings (SSSR count). The van der Waals surface area contributed by atoms with Crippen molar-refractivity contribution in [2.24, 2.45) is 0 Å². The van der Waals surface area contributed by atoms with Crippen LogP contribution in [0.2, 0.25) is 0 Å². The van der Waals surface area contributed by atoms with Gasteiger partial charge in [-0.15, -0.1) is 0 Å². The van der Waals surface area contributed by atoms with Gasteiger partial charge in [-0.1, -0.05) is 17.9 Å². The van der Waals surface area contributed by atoms with Gasteiger partial charge in [0.15, 0.2) is 0 Å². The molecule has 110 valence electrons. The molecule has 21 heavy (non-hydrogen) atoms. The van der Waals surface area contributed by atoms with E-state index in [4.69, 9.17) is 5.11 Å². The first-order chi connectivity index (χ1) is 10.0. The second-order valence-corrected chi connectivity index (χ2v) is 5.03. The predicted octanol–water partition coefficient (Wildman–Crippen LogP) is 2.73. The summed E-state index contributed by atoms with van der Waals surface area (Å²) in [6.45, 7) is 6.61. The van der Waals surface area contributed by atoms with Gasteiger partial charge in [0.2, 0.25) is 0 Å². The van der Waals surface area contributed by atoms with Gasteiger partial charge in [-0.25, -0.2) is 4.39 Å². The molecule has 1 aromatic carbocycles. The van der Waals surface area contributed by atoms with E-state index in [1.54, 1.807) is 6.07 Å². The Morgan fingerprint density at radius 2 is 2.05 bits per heavy atom. The maximum absolute atomic E-state index is 13.4. The van der Waals surface area contributed by atoms with E-state index in [2.05, 4.69) is 16.9 Å². The zero-order valence-electron chi connectivity index (χ0n) is 12.6. The summed E-state index contributed by atoms with van der Waals surface area (Å²) in [6, 6.07) is 4.60. The average molecular weight is 286 g/mol. The molecule has 0 saturated heterocycles. The van der Waals surface area contributed by atoms with Crippen molar-refractivity contribution in [2.75, 3.05) is 6.61 Å². The van der Waals surface area contributed by atoms with E-state index in [1.807, 2.05) is 25.5 Å². The Balaban J connectivity index is 2.35. The molecule has 0 bridgehead atoms. The van der Waals surface area contributed by atoms with Gasteiger partial charge in [-0.05, 0) is 44.0 Å². The fraction of sp³-hybridized carbons (Fsp3) is 0.353. The van der Waals surface area contributed by atoms with Crippen LogP contribution in [0.15, 0.2) is 18.2 Å². The molecule has 0 aliphatic carbocycles. The number of rotatable bonds is 3. The van der Waals surface area contributed by atoms with Crippen molar-refractivity contribution in [3.63, 3.8) is 0 Å². The minimum atomic E-state index is -0.309. The summed E-state index contributed by atoms with van der Waals surface area (Å²) in [5.74, 6) is 5.46. The number of aliphatic hydroxyl groups is 1. The molecule has 2 aromatic rings. The summed E-state index contributed by atoms with van der Waals surface area (Å²) in [4.78, 5) is 0. The first-order valence-corrected chi connectivity index (χ1v) is 6.91. The van der Waals surface area contributed by atoms with Gasteiger partial charge in [0, 0.05) is 17.7 Å². The minimum absolute atomic E-state index is 0.00824. The Kier molecular flexibility index (Phi) is 4.77. The number of benzene rings is 1. The maximum Gasteiger partial charge on any atom is 0.124 e. The molecule has 0 radical (unpaired) electrons. The van der Waals surface area contributed by atoms with Crippen molar-refractivity contribution < 1.29 is 9.50 Å². The Labute approximate surface area is 124 Å². The second kappa shape index (κ2) is 6.55. The van der Waals surface area contributed by atoms with Crippen molar-refractivity contribution in [2.45, 2.75) is 33.7 Å². The largest absolute Gasteiger partial charge is 0.395 e. The first kappa shape index (κ1) is 15.3. The third-order valence-corrected chi connectivity index (χ3v) is 3.60. The van der Waals surface area contributed by atoms with E-state index in [-0.39, 0.29) is 12.4 Å². The molecule has 0 unspecified atom stereocenters. The van der Waals surface area contributed by atoms with Crippen LogP contribution < -0.4 is 0 Å². The first-order valence-electron chi connectivity index (χ1n) is 6.91. The molecule has 0 saturated carbocycles. The SMILES string of the molecule is Cc1nn(Cc2ccc(F)cc2C#CCCO)c(C)c1C. The van der Waals surface area contributed by atoms with E-state index >= 15 is 0 Å². The Morgan fingerprint density at radius 1 is 1.29 bits per heavy atom. The van der Waals surface area contributed by atoms with Crippen LogP contribution in [-0.2, 0) is 6.54 Å². The van der Waals surface area contributed by atoms with E-state index in [0.29, 0.717) is 18.5 Å². The summed E-state index contributed by atoms with van der Waals surface area (Å²) in [6.07, 6.45) is 0.384. The number of nitrogens with zero attached hydrogens (tertiary/aromatic N) is 2. The lowest BCUT2D eigenvalue weighted by atomic mass is 10.1. The van der Waals surface area contributed by atoms with Gasteiger partial charge in [-0.3, -0.25) is 4.68 Å². The van der Waals surface area contributed by atoms with Crippen molar-refractivity contribution in [1.82, 2.24) is 9.78 Å².